The van der Waals surface area contributed by atoms with E-state index in [0.717, 1.165) is 10.0 Å². The van der Waals surface area contributed by atoms with Gasteiger partial charge in [0.2, 0.25) is 0 Å². The Bertz CT molecular complexity index is 751. The van der Waals surface area contributed by atoms with Crippen LogP contribution < -0.4 is 0 Å². The molecular weight excluding hydrogens is 346 g/mol. The Morgan fingerprint density at radius 1 is 1.32 bits per heavy atom. The van der Waals surface area contributed by atoms with E-state index in [2.05, 4.69) is 22.5 Å². The molecule has 0 unspecified atom stereocenters. The van der Waals surface area contributed by atoms with Crippen LogP contribution in [0.4, 0.5) is 0 Å². The smallest absolute Gasteiger partial charge is 0.349 e. The van der Waals surface area contributed by atoms with Crippen molar-refractivity contribution < 1.29 is 13.9 Å². The second kappa shape index (κ2) is 7.43. The lowest BCUT2D eigenvalue weighted by Crippen LogP contribution is -2.06. The van der Waals surface area contributed by atoms with Crippen LogP contribution in [0.1, 0.15) is 5.76 Å². The Morgan fingerprint density at radius 3 is 2.68 bits per heavy atom. The van der Waals surface area contributed by atoms with Gasteiger partial charge in [-0.3, -0.25) is 0 Å². The maximum atomic E-state index is 11.6. The zero-order chi connectivity index (χ0) is 15.9. The lowest BCUT2D eigenvalue weighted by atomic mass is 10.2. The first-order valence-corrected chi connectivity index (χ1v) is 7.19. The van der Waals surface area contributed by atoms with Crippen molar-refractivity contribution in [3.8, 4) is 17.4 Å². The number of furan rings is 1. The molecule has 1 aromatic carbocycles. The van der Waals surface area contributed by atoms with Crippen molar-refractivity contribution in [2.45, 2.75) is 0 Å². The summed E-state index contributed by atoms with van der Waals surface area (Å²) in [5, 5.41) is 9.02. The topological polar surface area (TPSA) is 63.2 Å². The van der Waals surface area contributed by atoms with Crippen molar-refractivity contribution in [3.05, 3.63) is 64.9 Å². The largest absolute Gasteiger partial charge is 0.457 e. The third-order valence-corrected chi connectivity index (χ3v) is 3.24. The van der Waals surface area contributed by atoms with Crippen molar-refractivity contribution in [1.29, 1.82) is 5.26 Å². The number of nitrogens with zero attached hydrogens (tertiary/aromatic N) is 1. The van der Waals surface area contributed by atoms with E-state index in [4.69, 9.17) is 14.4 Å². The maximum Gasteiger partial charge on any atom is 0.349 e. The summed E-state index contributed by atoms with van der Waals surface area (Å²) in [5.74, 6) is 0.351. The predicted octanol–water partition coefficient (Wildman–Crippen LogP) is 4.35. The molecule has 2 rings (SSSR count). The summed E-state index contributed by atoms with van der Waals surface area (Å²) in [7, 11) is 0. The molecular formula is C17H12BrNO3. The minimum atomic E-state index is -0.705. The number of hydrogen-bond acceptors (Lipinski definition) is 4. The number of nitriles is 1. The standard InChI is InChI=1S/C17H12BrNO3/c1-2-9-21-17(20)13(11-19)10-15-7-8-16(22-15)12-3-5-14(18)6-4-12/h2-8,10H,1,9H2/b13-10+. The van der Waals surface area contributed by atoms with Gasteiger partial charge in [0.05, 0.1) is 0 Å². The summed E-state index contributed by atoms with van der Waals surface area (Å²) < 4.78 is 11.4. The van der Waals surface area contributed by atoms with E-state index >= 15 is 0 Å². The van der Waals surface area contributed by atoms with Gasteiger partial charge in [0.15, 0.2) is 0 Å². The quantitative estimate of drug-likeness (QED) is 0.345. The van der Waals surface area contributed by atoms with E-state index in [9.17, 15) is 4.79 Å². The summed E-state index contributed by atoms with van der Waals surface area (Å²) in [6.07, 6.45) is 2.79. The van der Waals surface area contributed by atoms with Gasteiger partial charge in [-0.05, 0) is 24.3 Å². The van der Waals surface area contributed by atoms with Crippen LogP contribution in [0.25, 0.3) is 17.4 Å². The van der Waals surface area contributed by atoms with Crippen molar-refractivity contribution in [2.75, 3.05) is 6.61 Å². The molecule has 0 N–H and O–H groups in total. The molecule has 0 aliphatic carbocycles. The first-order valence-electron chi connectivity index (χ1n) is 6.39. The Kier molecular flexibility index (Phi) is 5.34. The molecule has 0 bridgehead atoms. The molecule has 0 aliphatic rings. The van der Waals surface area contributed by atoms with Crippen molar-refractivity contribution in [2.24, 2.45) is 0 Å². The fourth-order valence-electron chi connectivity index (χ4n) is 1.69. The molecule has 22 heavy (non-hydrogen) atoms. The van der Waals surface area contributed by atoms with Gasteiger partial charge < -0.3 is 9.15 Å². The van der Waals surface area contributed by atoms with Crippen LogP contribution in [0.2, 0.25) is 0 Å². The van der Waals surface area contributed by atoms with Crippen LogP contribution in [0, 0.1) is 11.3 Å². The predicted molar refractivity (Wildman–Crippen MR) is 86.6 cm³/mol. The minimum Gasteiger partial charge on any atom is -0.457 e. The molecule has 4 nitrogen and oxygen atoms in total. The van der Waals surface area contributed by atoms with Gasteiger partial charge in [-0.2, -0.15) is 5.26 Å². The van der Waals surface area contributed by atoms with Gasteiger partial charge in [-0.1, -0.05) is 40.7 Å². The number of carbonyl (C=O) groups excluding carboxylic acids is 1. The SMILES string of the molecule is C=CCOC(=O)/C(C#N)=C/c1ccc(-c2ccc(Br)cc2)o1. The highest BCUT2D eigenvalue weighted by Crippen LogP contribution is 2.25. The van der Waals surface area contributed by atoms with Gasteiger partial charge in [0.1, 0.15) is 29.8 Å². The number of rotatable bonds is 5. The third kappa shape index (κ3) is 3.96. The molecule has 0 amide bonds. The summed E-state index contributed by atoms with van der Waals surface area (Å²) in [5.41, 5.74) is 0.772. The lowest BCUT2D eigenvalue weighted by molar-refractivity contribution is -0.137. The van der Waals surface area contributed by atoms with E-state index in [1.165, 1.54) is 12.2 Å². The van der Waals surface area contributed by atoms with Crippen LogP contribution in [0.15, 0.2) is 63.5 Å². The average molecular weight is 358 g/mol. The van der Waals surface area contributed by atoms with Crippen LogP contribution in [-0.4, -0.2) is 12.6 Å². The molecule has 1 heterocycles. The van der Waals surface area contributed by atoms with Crippen LogP contribution in [-0.2, 0) is 9.53 Å². The van der Waals surface area contributed by atoms with Gasteiger partial charge >= 0.3 is 5.97 Å². The number of ether oxygens (including phenoxy) is 1. The first kappa shape index (κ1) is 15.8. The zero-order valence-electron chi connectivity index (χ0n) is 11.6. The number of halogens is 1. The first-order chi connectivity index (χ1) is 10.6. The molecule has 2 aromatic rings. The number of esters is 1. The molecule has 0 saturated carbocycles. The average Bonchev–Trinajstić information content (AvgIpc) is 2.99. The molecule has 0 radical (unpaired) electrons. The van der Waals surface area contributed by atoms with E-state index in [1.807, 2.05) is 24.3 Å². The highest BCUT2D eigenvalue weighted by atomic mass is 79.9. The number of hydrogen-bond donors (Lipinski definition) is 0. The van der Waals surface area contributed by atoms with Gasteiger partial charge in [-0.25, -0.2) is 4.79 Å². The van der Waals surface area contributed by atoms with Crippen molar-refractivity contribution in [1.82, 2.24) is 0 Å². The zero-order valence-corrected chi connectivity index (χ0v) is 13.2. The Labute approximate surface area is 136 Å². The lowest BCUT2D eigenvalue weighted by Gasteiger charge is -1.99. The molecule has 0 spiro atoms. The van der Waals surface area contributed by atoms with Crippen LogP contribution in [0.3, 0.4) is 0 Å². The van der Waals surface area contributed by atoms with Gasteiger partial charge in [0.25, 0.3) is 0 Å². The molecule has 1 aromatic heterocycles. The summed E-state index contributed by atoms with van der Waals surface area (Å²) in [4.78, 5) is 11.6. The van der Waals surface area contributed by atoms with Gasteiger partial charge in [0, 0.05) is 16.1 Å². The molecule has 0 atom stereocenters. The van der Waals surface area contributed by atoms with E-state index in [1.54, 1.807) is 18.2 Å². The van der Waals surface area contributed by atoms with Crippen molar-refractivity contribution in [3.63, 3.8) is 0 Å². The Morgan fingerprint density at radius 2 is 2.05 bits per heavy atom. The molecule has 110 valence electrons. The highest BCUT2D eigenvalue weighted by molar-refractivity contribution is 9.10. The van der Waals surface area contributed by atoms with Crippen LogP contribution in [0.5, 0.6) is 0 Å². The molecule has 0 saturated heterocycles. The second-order valence-corrected chi connectivity index (χ2v) is 5.18. The van der Waals surface area contributed by atoms with Gasteiger partial charge in [-0.15, -0.1) is 0 Å². The third-order valence-electron chi connectivity index (χ3n) is 2.71. The Balaban J connectivity index is 2.21. The van der Waals surface area contributed by atoms with Crippen LogP contribution >= 0.6 is 15.9 Å². The summed E-state index contributed by atoms with van der Waals surface area (Å²) >= 11 is 3.37. The normalized spacial score (nSPS) is 10.8. The number of carbonyl (C=O) groups is 1. The van der Waals surface area contributed by atoms with Crippen molar-refractivity contribution >= 4 is 28.0 Å². The molecule has 0 aliphatic heterocycles. The second-order valence-electron chi connectivity index (χ2n) is 4.27. The maximum absolute atomic E-state index is 11.6. The molecule has 0 fully saturated rings. The monoisotopic (exact) mass is 357 g/mol. The summed E-state index contributed by atoms with van der Waals surface area (Å²) in [6.45, 7) is 3.50. The van der Waals surface area contributed by atoms with E-state index < -0.39 is 5.97 Å². The summed E-state index contributed by atoms with van der Waals surface area (Å²) in [6, 6.07) is 12.9. The van der Waals surface area contributed by atoms with E-state index in [-0.39, 0.29) is 12.2 Å². The van der Waals surface area contributed by atoms with E-state index in [0.29, 0.717) is 11.5 Å². The minimum absolute atomic E-state index is 0.0557. The highest BCUT2D eigenvalue weighted by Gasteiger charge is 2.11. The fourth-order valence-corrected chi connectivity index (χ4v) is 1.96. The number of benzene rings is 1. The molecule has 5 heteroatoms. The fraction of sp³-hybridized carbons (Fsp3) is 0.0588. The Hall–Kier alpha value is -2.58.